The Balaban J connectivity index is 3.23. The molecule has 0 saturated carbocycles. The van der Waals surface area contributed by atoms with Crippen molar-refractivity contribution in [3.8, 4) is 12.3 Å². The van der Waals surface area contributed by atoms with Gasteiger partial charge >= 0.3 is 0 Å². The van der Waals surface area contributed by atoms with E-state index in [1.807, 2.05) is 6.20 Å². The zero-order chi connectivity index (χ0) is 10.7. The Bertz CT molecular complexity index is 356. The molecule has 0 aliphatic carbocycles. The molecule has 1 aromatic rings. The molecule has 1 aromatic heterocycles. The topological polar surface area (TPSA) is 12.9 Å². The van der Waals surface area contributed by atoms with Gasteiger partial charge in [0.15, 0.2) is 0 Å². The summed E-state index contributed by atoms with van der Waals surface area (Å²) >= 11 is 0. The summed E-state index contributed by atoms with van der Waals surface area (Å²) < 4.78 is 0. The fourth-order valence-electron chi connectivity index (χ4n) is 1.40. The number of hydrogen-bond donors (Lipinski definition) is 0. The quantitative estimate of drug-likeness (QED) is 0.647. The highest BCUT2D eigenvalue weighted by atomic mass is 14.7. The van der Waals surface area contributed by atoms with Crippen molar-refractivity contribution in [1.82, 2.24) is 4.98 Å². The van der Waals surface area contributed by atoms with Crippen molar-refractivity contribution in [2.45, 2.75) is 39.5 Å². The van der Waals surface area contributed by atoms with E-state index in [9.17, 15) is 0 Å². The number of terminal acetylenes is 1. The lowest BCUT2D eigenvalue weighted by Crippen LogP contribution is -1.99. The van der Waals surface area contributed by atoms with Gasteiger partial charge in [0.05, 0.1) is 0 Å². The van der Waals surface area contributed by atoms with Crippen molar-refractivity contribution >= 4 is 0 Å². The van der Waals surface area contributed by atoms with Gasteiger partial charge in [0, 0.05) is 17.5 Å². The highest BCUT2D eigenvalue weighted by molar-refractivity contribution is 5.41. The Kier molecular flexibility index (Phi) is 3.30. The van der Waals surface area contributed by atoms with Crippen LogP contribution in [0.3, 0.4) is 0 Å². The van der Waals surface area contributed by atoms with Crippen molar-refractivity contribution in [3.63, 3.8) is 0 Å². The van der Waals surface area contributed by atoms with Gasteiger partial charge in [0.1, 0.15) is 0 Å². The van der Waals surface area contributed by atoms with Gasteiger partial charge in [-0.25, -0.2) is 0 Å². The maximum absolute atomic E-state index is 5.42. The fourth-order valence-corrected chi connectivity index (χ4v) is 1.40. The molecule has 0 amide bonds. The zero-order valence-electron chi connectivity index (χ0n) is 9.33. The lowest BCUT2D eigenvalue weighted by atomic mass is 9.96. The van der Waals surface area contributed by atoms with Gasteiger partial charge < -0.3 is 0 Å². The molecule has 14 heavy (non-hydrogen) atoms. The van der Waals surface area contributed by atoms with E-state index in [-0.39, 0.29) is 0 Å². The SMILES string of the molecule is C#Cc1cnc(C(C)C)cc1C(C)C. The summed E-state index contributed by atoms with van der Waals surface area (Å²) in [5, 5.41) is 0. The van der Waals surface area contributed by atoms with Gasteiger partial charge in [0.25, 0.3) is 0 Å². The van der Waals surface area contributed by atoms with Gasteiger partial charge in [-0.15, -0.1) is 6.42 Å². The largest absolute Gasteiger partial charge is 0.260 e. The van der Waals surface area contributed by atoms with E-state index in [0.717, 1.165) is 11.3 Å². The van der Waals surface area contributed by atoms with Gasteiger partial charge in [-0.05, 0) is 23.5 Å². The van der Waals surface area contributed by atoms with Crippen molar-refractivity contribution in [2.75, 3.05) is 0 Å². The molecule has 0 fully saturated rings. The maximum atomic E-state index is 5.42. The van der Waals surface area contributed by atoms with Crippen LogP contribution in [-0.2, 0) is 0 Å². The standard InChI is InChI=1S/C13H17N/c1-6-11-8-14-13(10(4)5)7-12(11)9(2)3/h1,7-10H,2-5H3. The summed E-state index contributed by atoms with van der Waals surface area (Å²) in [5.41, 5.74) is 3.27. The molecule has 1 heteroatoms. The Hall–Kier alpha value is -1.29. The molecule has 0 N–H and O–H groups in total. The van der Waals surface area contributed by atoms with E-state index in [4.69, 9.17) is 6.42 Å². The van der Waals surface area contributed by atoms with Crippen LogP contribution in [0, 0.1) is 12.3 Å². The predicted octanol–water partition coefficient (Wildman–Crippen LogP) is 3.31. The van der Waals surface area contributed by atoms with E-state index >= 15 is 0 Å². The van der Waals surface area contributed by atoms with Crippen LogP contribution in [0.2, 0.25) is 0 Å². The number of aromatic nitrogens is 1. The van der Waals surface area contributed by atoms with Crippen LogP contribution in [0.25, 0.3) is 0 Å². The van der Waals surface area contributed by atoms with Crippen molar-refractivity contribution < 1.29 is 0 Å². The van der Waals surface area contributed by atoms with Crippen LogP contribution in [0.1, 0.15) is 56.4 Å². The fraction of sp³-hybridized carbons (Fsp3) is 0.462. The second kappa shape index (κ2) is 4.28. The minimum Gasteiger partial charge on any atom is -0.260 e. The number of nitrogens with zero attached hydrogens (tertiary/aromatic N) is 1. The molecule has 0 atom stereocenters. The number of hydrogen-bond acceptors (Lipinski definition) is 1. The van der Waals surface area contributed by atoms with E-state index in [1.54, 1.807) is 0 Å². The minimum absolute atomic E-state index is 0.458. The molecule has 0 bridgehead atoms. The predicted molar refractivity (Wildman–Crippen MR) is 60.4 cm³/mol. The van der Waals surface area contributed by atoms with Crippen LogP contribution in [-0.4, -0.2) is 4.98 Å². The molecule has 1 nitrogen and oxygen atoms in total. The summed E-state index contributed by atoms with van der Waals surface area (Å²) in [6.45, 7) is 8.59. The molecule has 0 radical (unpaired) electrons. The molecule has 0 aliphatic rings. The van der Waals surface area contributed by atoms with Crippen LogP contribution in [0.5, 0.6) is 0 Å². The zero-order valence-corrected chi connectivity index (χ0v) is 9.33. The molecule has 0 aromatic carbocycles. The molecule has 74 valence electrons. The lowest BCUT2D eigenvalue weighted by Gasteiger charge is -2.12. The number of rotatable bonds is 2. The average molecular weight is 187 g/mol. The van der Waals surface area contributed by atoms with Gasteiger partial charge in [-0.1, -0.05) is 33.6 Å². The van der Waals surface area contributed by atoms with Gasteiger partial charge in [0.2, 0.25) is 0 Å². The Morgan fingerprint density at radius 2 is 1.86 bits per heavy atom. The first-order valence-corrected chi connectivity index (χ1v) is 5.02. The molecular weight excluding hydrogens is 170 g/mol. The first-order chi connectivity index (χ1) is 6.56. The molecule has 0 spiro atoms. The van der Waals surface area contributed by atoms with E-state index in [1.165, 1.54) is 5.56 Å². The Labute approximate surface area is 86.6 Å². The molecular formula is C13H17N. The monoisotopic (exact) mass is 187 g/mol. The van der Waals surface area contributed by atoms with Gasteiger partial charge in [-0.2, -0.15) is 0 Å². The average Bonchev–Trinajstić information content (AvgIpc) is 2.16. The van der Waals surface area contributed by atoms with Crippen LogP contribution >= 0.6 is 0 Å². The lowest BCUT2D eigenvalue weighted by molar-refractivity contribution is 0.797. The summed E-state index contributed by atoms with van der Waals surface area (Å²) in [7, 11) is 0. The highest BCUT2D eigenvalue weighted by Crippen LogP contribution is 2.22. The van der Waals surface area contributed by atoms with Gasteiger partial charge in [-0.3, -0.25) is 4.98 Å². The molecule has 1 heterocycles. The second-order valence-electron chi connectivity index (χ2n) is 4.15. The van der Waals surface area contributed by atoms with Crippen molar-refractivity contribution in [1.29, 1.82) is 0 Å². The van der Waals surface area contributed by atoms with E-state index < -0.39 is 0 Å². The van der Waals surface area contributed by atoms with E-state index in [2.05, 4.69) is 44.7 Å². The summed E-state index contributed by atoms with van der Waals surface area (Å²) in [4.78, 5) is 4.35. The molecule has 0 aliphatic heterocycles. The number of pyridine rings is 1. The second-order valence-corrected chi connectivity index (χ2v) is 4.15. The Morgan fingerprint density at radius 1 is 1.21 bits per heavy atom. The smallest absolute Gasteiger partial charge is 0.0460 e. The summed E-state index contributed by atoms with van der Waals surface area (Å²) in [6.07, 6.45) is 7.23. The third-order valence-corrected chi connectivity index (χ3v) is 2.33. The summed E-state index contributed by atoms with van der Waals surface area (Å²) in [6, 6.07) is 2.13. The Morgan fingerprint density at radius 3 is 2.29 bits per heavy atom. The normalized spacial score (nSPS) is 10.6. The maximum Gasteiger partial charge on any atom is 0.0460 e. The highest BCUT2D eigenvalue weighted by Gasteiger charge is 2.08. The van der Waals surface area contributed by atoms with Crippen molar-refractivity contribution in [3.05, 3.63) is 29.1 Å². The third-order valence-electron chi connectivity index (χ3n) is 2.33. The molecule has 0 unspecified atom stereocenters. The first kappa shape index (κ1) is 10.8. The van der Waals surface area contributed by atoms with Crippen molar-refractivity contribution in [2.24, 2.45) is 0 Å². The first-order valence-electron chi connectivity index (χ1n) is 5.02. The molecule has 1 rings (SSSR count). The molecule has 0 saturated heterocycles. The summed E-state index contributed by atoms with van der Waals surface area (Å²) in [5.74, 6) is 3.60. The van der Waals surface area contributed by atoms with Crippen LogP contribution in [0.4, 0.5) is 0 Å². The van der Waals surface area contributed by atoms with E-state index in [0.29, 0.717) is 11.8 Å². The van der Waals surface area contributed by atoms with Crippen LogP contribution in [0.15, 0.2) is 12.3 Å². The third kappa shape index (κ3) is 2.14. The minimum atomic E-state index is 0.458. The van der Waals surface area contributed by atoms with Crippen LogP contribution < -0.4 is 0 Å².